The van der Waals surface area contributed by atoms with E-state index >= 15 is 0 Å². The summed E-state index contributed by atoms with van der Waals surface area (Å²) in [6.07, 6.45) is -4.44. The van der Waals surface area contributed by atoms with E-state index < -0.39 is 17.6 Å². The zero-order chi connectivity index (χ0) is 14.0. The number of alkyl halides is 3. The smallest absolute Gasteiger partial charge is 0.321 e. The maximum Gasteiger partial charge on any atom is 0.416 e. The Balaban J connectivity index is 2.18. The van der Waals surface area contributed by atoms with Gasteiger partial charge < -0.3 is 5.32 Å². The number of amides is 1. The Kier molecular flexibility index (Phi) is 3.82. The summed E-state index contributed by atoms with van der Waals surface area (Å²) in [5.74, 6) is -0.490. The molecule has 0 bridgehead atoms. The number of nitrogens with one attached hydrogen (secondary N) is 1. The van der Waals surface area contributed by atoms with E-state index in [0.29, 0.717) is 9.21 Å². The van der Waals surface area contributed by atoms with E-state index in [4.69, 9.17) is 11.6 Å². The molecule has 0 spiro atoms. The molecule has 7 heteroatoms. The summed E-state index contributed by atoms with van der Waals surface area (Å²) in [6.45, 7) is 0. The summed E-state index contributed by atoms with van der Waals surface area (Å²) in [4.78, 5) is 12.1. The highest BCUT2D eigenvalue weighted by molar-refractivity contribution is 7.18. The summed E-state index contributed by atoms with van der Waals surface area (Å²) in [6, 6.07) is 7.51. The number of halogens is 4. The highest BCUT2D eigenvalue weighted by atomic mass is 35.5. The van der Waals surface area contributed by atoms with Crippen molar-refractivity contribution in [3.63, 3.8) is 0 Å². The minimum absolute atomic E-state index is 0.0874. The Bertz CT molecular complexity index is 609. The number of carbonyl (C=O) groups excluding carboxylic acids is 1. The molecule has 0 aliphatic carbocycles. The highest BCUT2D eigenvalue weighted by Crippen LogP contribution is 2.31. The van der Waals surface area contributed by atoms with Gasteiger partial charge in [0.25, 0.3) is 5.91 Å². The molecule has 2 aromatic rings. The van der Waals surface area contributed by atoms with E-state index in [1.807, 2.05) is 0 Å². The summed E-state index contributed by atoms with van der Waals surface area (Å²) in [7, 11) is 0. The Hall–Kier alpha value is -1.53. The maximum atomic E-state index is 12.5. The van der Waals surface area contributed by atoms with E-state index in [1.165, 1.54) is 18.2 Å². The maximum absolute atomic E-state index is 12.5. The molecule has 0 atom stereocenters. The van der Waals surface area contributed by atoms with Crippen LogP contribution in [-0.2, 0) is 6.18 Å². The predicted molar refractivity (Wildman–Crippen MR) is 68.7 cm³/mol. The lowest BCUT2D eigenvalue weighted by molar-refractivity contribution is -0.137. The van der Waals surface area contributed by atoms with Crippen molar-refractivity contribution in [2.45, 2.75) is 6.18 Å². The van der Waals surface area contributed by atoms with Crippen LogP contribution in [0.5, 0.6) is 0 Å². The third-order valence-corrected chi connectivity index (χ3v) is 3.47. The third-order valence-electron chi connectivity index (χ3n) is 2.24. The zero-order valence-corrected chi connectivity index (χ0v) is 10.9. The standard InChI is InChI=1S/C12H7ClF3NOS/c13-10-5-4-9(19-10)11(18)17-8-3-1-2-7(6-8)12(14,15)16/h1-6H,(H,17,18). The molecule has 0 radical (unpaired) electrons. The quantitative estimate of drug-likeness (QED) is 0.858. The second-order valence-corrected chi connectivity index (χ2v) is 5.35. The predicted octanol–water partition coefficient (Wildman–Crippen LogP) is 4.67. The molecule has 0 saturated heterocycles. The Labute approximate surface area is 115 Å². The van der Waals surface area contributed by atoms with Gasteiger partial charge in [-0.05, 0) is 30.3 Å². The van der Waals surface area contributed by atoms with Crippen LogP contribution >= 0.6 is 22.9 Å². The molecule has 1 aromatic heterocycles. The lowest BCUT2D eigenvalue weighted by Crippen LogP contribution is -2.11. The first kappa shape index (κ1) is 13.9. The number of carbonyl (C=O) groups is 1. The van der Waals surface area contributed by atoms with Gasteiger partial charge in [-0.2, -0.15) is 13.2 Å². The molecule has 0 aliphatic heterocycles. The Morgan fingerprint density at radius 1 is 1.21 bits per heavy atom. The van der Waals surface area contributed by atoms with Gasteiger partial charge in [0.15, 0.2) is 0 Å². The van der Waals surface area contributed by atoms with E-state index in [1.54, 1.807) is 6.07 Å². The fourth-order valence-corrected chi connectivity index (χ4v) is 2.34. The molecule has 0 aliphatic rings. The molecule has 19 heavy (non-hydrogen) atoms. The van der Waals surface area contributed by atoms with E-state index in [9.17, 15) is 18.0 Å². The van der Waals surface area contributed by atoms with E-state index in [2.05, 4.69) is 5.32 Å². The van der Waals surface area contributed by atoms with Gasteiger partial charge in [0.1, 0.15) is 0 Å². The molecule has 1 amide bonds. The van der Waals surface area contributed by atoms with Gasteiger partial charge >= 0.3 is 6.18 Å². The lowest BCUT2D eigenvalue weighted by atomic mass is 10.2. The second kappa shape index (κ2) is 5.22. The third kappa shape index (κ3) is 3.48. The average molecular weight is 306 g/mol. The Morgan fingerprint density at radius 2 is 1.95 bits per heavy atom. The van der Waals surface area contributed by atoms with Gasteiger partial charge in [-0.1, -0.05) is 17.7 Å². The Morgan fingerprint density at radius 3 is 2.53 bits per heavy atom. The number of hydrogen-bond acceptors (Lipinski definition) is 2. The highest BCUT2D eigenvalue weighted by Gasteiger charge is 2.30. The van der Waals surface area contributed by atoms with Crippen molar-refractivity contribution in [2.24, 2.45) is 0 Å². The van der Waals surface area contributed by atoms with Gasteiger partial charge in [-0.25, -0.2) is 0 Å². The van der Waals surface area contributed by atoms with Crippen molar-refractivity contribution < 1.29 is 18.0 Å². The van der Waals surface area contributed by atoms with Crippen LogP contribution in [0.2, 0.25) is 4.34 Å². The van der Waals surface area contributed by atoms with Crippen molar-refractivity contribution >= 4 is 34.5 Å². The number of hydrogen-bond donors (Lipinski definition) is 1. The molecule has 1 heterocycles. The van der Waals surface area contributed by atoms with E-state index in [0.717, 1.165) is 23.5 Å². The van der Waals surface area contributed by atoms with Crippen molar-refractivity contribution in [3.8, 4) is 0 Å². The van der Waals surface area contributed by atoms with Crippen molar-refractivity contribution in [1.29, 1.82) is 0 Å². The summed E-state index contributed by atoms with van der Waals surface area (Å²) in [5, 5.41) is 2.40. The normalized spacial score (nSPS) is 11.4. The van der Waals surface area contributed by atoms with Crippen LogP contribution in [0, 0.1) is 0 Å². The van der Waals surface area contributed by atoms with Crippen LogP contribution < -0.4 is 5.32 Å². The topological polar surface area (TPSA) is 29.1 Å². The fraction of sp³-hybridized carbons (Fsp3) is 0.0833. The minimum Gasteiger partial charge on any atom is -0.321 e. The minimum atomic E-state index is -4.44. The van der Waals surface area contributed by atoms with Crippen molar-refractivity contribution in [1.82, 2.24) is 0 Å². The summed E-state index contributed by atoms with van der Waals surface area (Å²) >= 11 is 6.74. The molecule has 2 rings (SSSR count). The molecule has 1 aromatic carbocycles. The first-order chi connectivity index (χ1) is 8.86. The van der Waals surface area contributed by atoms with Gasteiger partial charge in [-0.3, -0.25) is 4.79 Å². The van der Waals surface area contributed by atoms with Crippen molar-refractivity contribution in [2.75, 3.05) is 5.32 Å². The SMILES string of the molecule is O=C(Nc1cccc(C(F)(F)F)c1)c1ccc(Cl)s1. The van der Waals surface area contributed by atoms with Crippen LogP contribution in [0.25, 0.3) is 0 Å². The van der Waals surface area contributed by atoms with Crippen LogP contribution in [-0.4, -0.2) is 5.91 Å². The van der Waals surface area contributed by atoms with Crippen LogP contribution in [0.15, 0.2) is 36.4 Å². The first-order valence-electron chi connectivity index (χ1n) is 5.10. The number of benzene rings is 1. The molecule has 0 saturated carbocycles. The fourth-order valence-electron chi connectivity index (χ4n) is 1.40. The molecule has 2 nitrogen and oxygen atoms in total. The summed E-state index contributed by atoms with van der Waals surface area (Å²) < 4.78 is 37.9. The first-order valence-corrected chi connectivity index (χ1v) is 6.29. The molecular weight excluding hydrogens is 299 g/mol. The van der Waals surface area contributed by atoms with Crippen LogP contribution in [0.3, 0.4) is 0 Å². The van der Waals surface area contributed by atoms with Gasteiger partial charge in [0, 0.05) is 5.69 Å². The molecule has 1 N–H and O–H groups in total. The van der Waals surface area contributed by atoms with Gasteiger partial charge in [0.2, 0.25) is 0 Å². The zero-order valence-electron chi connectivity index (χ0n) is 9.29. The van der Waals surface area contributed by atoms with Crippen LogP contribution in [0.1, 0.15) is 15.2 Å². The lowest BCUT2D eigenvalue weighted by Gasteiger charge is -2.09. The molecule has 100 valence electrons. The largest absolute Gasteiger partial charge is 0.416 e. The van der Waals surface area contributed by atoms with Gasteiger partial charge in [-0.15, -0.1) is 11.3 Å². The molecule has 0 unspecified atom stereocenters. The second-order valence-electron chi connectivity index (χ2n) is 3.64. The van der Waals surface area contributed by atoms with Crippen LogP contribution in [0.4, 0.5) is 18.9 Å². The monoisotopic (exact) mass is 305 g/mol. The molecular formula is C12H7ClF3NOS. The summed E-state index contributed by atoms with van der Waals surface area (Å²) in [5.41, 5.74) is -0.723. The van der Waals surface area contributed by atoms with E-state index in [-0.39, 0.29) is 5.69 Å². The van der Waals surface area contributed by atoms with Crippen molar-refractivity contribution in [3.05, 3.63) is 51.2 Å². The number of rotatable bonds is 2. The number of anilines is 1. The number of thiophene rings is 1. The average Bonchev–Trinajstić information content (AvgIpc) is 2.75. The molecule has 0 fully saturated rings. The van der Waals surface area contributed by atoms with Gasteiger partial charge in [0.05, 0.1) is 14.8 Å².